The van der Waals surface area contributed by atoms with E-state index < -0.39 is 5.97 Å². The van der Waals surface area contributed by atoms with Crippen LogP contribution in [0.4, 0.5) is 5.69 Å². The van der Waals surface area contributed by atoms with E-state index in [1.165, 1.54) is 7.11 Å². The van der Waals surface area contributed by atoms with Crippen molar-refractivity contribution >= 4 is 33.4 Å². The zero-order chi connectivity index (χ0) is 20.8. The van der Waals surface area contributed by atoms with E-state index in [1.807, 2.05) is 48.5 Å². The lowest BCUT2D eigenvalue weighted by Crippen LogP contribution is -2.10. The maximum atomic E-state index is 12.5. The van der Waals surface area contributed by atoms with E-state index in [2.05, 4.69) is 0 Å². The Balaban J connectivity index is 2.04. The average Bonchev–Trinajstić information content (AvgIpc) is 2.77. The summed E-state index contributed by atoms with van der Waals surface area (Å²) in [5.41, 5.74) is 9.70. The van der Waals surface area contributed by atoms with Gasteiger partial charge in [0.15, 0.2) is 0 Å². The van der Waals surface area contributed by atoms with Crippen molar-refractivity contribution < 1.29 is 13.9 Å². The highest BCUT2D eigenvalue weighted by atomic mass is 16.5. The molecule has 5 nitrogen and oxygen atoms in total. The highest BCUT2D eigenvalue weighted by Gasteiger charge is 2.24. The van der Waals surface area contributed by atoms with Gasteiger partial charge in [-0.3, -0.25) is 0 Å². The molecule has 0 saturated heterocycles. The maximum Gasteiger partial charge on any atom is 0.338 e. The largest absolute Gasteiger partial charge is 0.465 e. The first-order valence-corrected chi connectivity index (χ1v) is 9.48. The van der Waals surface area contributed by atoms with Gasteiger partial charge in [0.2, 0.25) is 0 Å². The Labute approximate surface area is 172 Å². The number of carbonyl (C=O) groups excluding carboxylic acids is 1. The highest BCUT2D eigenvalue weighted by Crippen LogP contribution is 2.42. The molecule has 0 atom stereocenters. The summed E-state index contributed by atoms with van der Waals surface area (Å²) < 4.78 is 11.3. The van der Waals surface area contributed by atoms with Gasteiger partial charge in [0.1, 0.15) is 11.3 Å². The molecule has 2 aliphatic rings. The Kier molecular flexibility index (Phi) is 4.03. The van der Waals surface area contributed by atoms with Crippen LogP contribution in [0.15, 0.2) is 77.2 Å². The van der Waals surface area contributed by atoms with Crippen LogP contribution in [-0.2, 0) is 4.74 Å². The van der Waals surface area contributed by atoms with E-state index >= 15 is 0 Å². The summed E-state index contributed by atoms with van der Waals surface area (Å²) in [6.07, 6.45) is 0. The summed E-state index contributed by atoms with van der Waals surface area (Å²) in [4.78, 5) is 12.5. The molecule has 0 unspecified atom stereocenters. The number of anilines is 1. The summed E-state index contributed by atoms with van der Waals surface area (Å²) in [6, 6.07) is 22.3. The number of nitrogens with one attached hydrogen (secondary N) is 1. The van der Waals surface area contributed by atoms with Gasteiger partial charge in [0, 0.05) is 28.1 Å². The van der Waals surface area contributed by atoms with E-state index in [9.17, 15) is 4.79 Å². The lowest BCUT2D eigenvalue weighted by Gasteiger charge is -2.19. The molecule has 0 saturated carbocycles. The molecule has 0 fully saturated rings. The Morgan fingerprint density at radius 3 is 2.53 bits per heavy atom. The van der Waals surface area contributed by atoms with Gasteiger partial charge in [-0.15, -0.1) is 0 Å². The molecule has 5 rings (SSSR count). The van der Waals surface area contributed by atoms with E-state index in [1.54, 1.807) is 24.3 Å². The van der Waals surface area contributed by atoms with Crippen LogP contribution in [0.1, 0.15) is 10.4 Å². The van der Waals surface area contributed by atoms with E-state index in [0.717, 1.165) is 21.7 Å². The van der Waals surface area contributed by atoms with Crippen LogP contribution in [0.3, 0.4) is 0 Å². The summed E-state index contributed by atoms with van der Waals surface area (Å²) in [7, 11) is 1.36. The molecule has 3 N–H and O–H groups in total. The number of carbonyl (C=O) groups is 1. The molecule has 0 radical (unpaired) electrons. The van der Waals surface area contributed by atoms with Crippen molar-refractivity contribution in [3.8, 4) is 22.5 Å². The minimum atomic E-state index is -0.435. The molecule has 0 aromatic heterocycles. The SMILES string of the molecule is COC(=O)c1ccccc1-c1c2c(=N)cc3ccccc3c-2oc2cc(N)ccc12. The molecular weight excluding hydrogens is 376 g/mol. The van der Waals surface area contributed by atoms with E-state index in [0.29, 0.717) is 39.1 Å². The van der Waals surface area contributed by atoms with E-state index in [-0.39, 0.29) is 0 Å². The third kappa shape index (κ3) is 2.63. The van der Waals surface area contributed by atoms with Crippen LogP contribution in [0.2, 0.25) is 0 Å². The molecule has 1 aliphatic heterocycles. The van der Waals surface area contributed by atoms with Gasteiger partial charge in [0.05, 0.1) is 23.6 Å². The molecule has 1 aliphatic carbocycles. The number of methoxy groups -OCH3 is 1. The van der Waals surface area contributed by atoms with Gasteiger partial charge in [-0.05, 0) is 35.2 Å². The van der Waals surface area contributed by atoms with Crippen molar-refractivity contribution in [3.05, 3.63) is 83.7 Å². The second-order valence-electron chi connectivity index (χ2n) is 7.12. The Hall–Kier alpha value is -4.12. The second-order valence-corrected chi connectivity index (χ2v) is 7.12. The molecule has 0 spiro atoms. The lowest BCUT2D eigenvalue weighted by atomic mass is 9.88. The van der Waals surface area contributed by atoms with Crippen molar-refractivity contribution in [3.63, 3.8) is 0 Å². The molecule has 3 aromatic carbocycles. The maximum absolute atomic E-state index is 12.5. The zero-order valence-electron chi connectivity index (χ0n) is 16.2. The third-order valence-corrected chi connectivity index (χ3v) is 5.34. The summed E-state index contributed by atoms with van der Waals surface area (Å²) in [6.45, 7) is 0. The molecule has 0 bridgehead atoms. The van der Waals surface area contributed by atoms with Gasteiger partial charge in [-0.1, -0.05) is 42.5 Å². The number of benzene rings is 4. The zero-order valence-corrected chi connectivity index (χ0v) is 16.2. The van der Waals surface area contributed by atoms with Crippen LogP contribution in [-0.4, -0.2) is 13.1 Å². The van der Waals surface area contributed by atoms with Gasteiger partial charge in [-0.25, -0.2) is 4.79 Å². The molecule has 1 heterocycles. The van der Waals surface area contributed by atoms with Crippen molar-refractivity contribution in [1.29, 1.82) is 5.41 Å². The van der Waals surface area contributed by atoms with Gasteiger partial charge in [0.25, 0.3) is 0 Å². The van der Waals surface area contributed by atoms with Crippen LogP contribution in [0, 0.1) is 5.41 Å². The van der Waals surface area contributed by atoms with Crippen molar-refractivity contribution in [1.82, 2.24) is 0 Å². The van der Waals surface area contributed by atoms with Gasteiger partial charge in [-0.2, -0.15) is 0 Å². The fourth-order valence-corrected chi connectivity index (χ4v) is 4.01. The van der Waals surface area contributed by atoms with Crippen molar-refractivity contribution in [2.24, 2.45) is 0 Å². The lowest BCUT2D eigenvalue weighted by molar-refractivity contribution is 0.0601. The number of nitrogen functional groups attached to an aromatic ring is 1. The summed E-state index contributed by atoms with van der Waals surface area (Å²) in [5.74, 6) is 0.154. The molecular formula is C25H18N2O3. The van der Waals surface area contributed by atoms with Crippen LogP contribution in [0.25, 0.3) is 44.2 Å². The molecule has 3 aromatic rings. The smallest absolute Gasteiger partial charge is 0.338 e. The average molecular weight is 394 g/mol. The highest BCUT2D eigenvalue weighted by molar-refractivity contribution is 6.11. The number of hydrogen-bond donors (Lipinski definition) is 2. The molecule has 30 heavy (non-hydrogen) atoms. The van der Waals surface area contributed by atoms with Crippen LogP contribution >= 0.6 is 0 Å². The predicted molar refractivity (Wildman–Crippen MR) is 117 cm³/mol. The van der Waals surface area contributed by atoms with E-state index in [4.69, 9.17) is 20.3 Å². The predicted octanol–water partition coefficient (Wildman–Crippen LogP) is 5.21. The Bertz CT molecular complexity index is 1480. The Morgan fingerprint density at radius 2 is 1.70 bits per heavy atom. The number of rotatable bonds is 2. The van der Waals surface area contributed by atoms with Crippen molar-refractivity contribution in [2.45, 2.75) is 0 Å². The first-order chi connectivity index (χ1) is 14.6. The van der Waals surface area contributed by atoms with Crippen molar-refractivity contribution in [2.75, 3.05) is 12.8 Å². The molecule has 5 heteroatoms. The number of nitrogens with two attached hydrogens (primary N) is 1. The number of ether oxygens (including phenoxy) is 1. The number of esters is 1. The number of fused-ring (bicyclic) bond motifs is 4. The monoisotopic (exact) mass is 394 g/mol. The second kappa shape index (κ2) is 6.74. The summed E-state index contributed by atoms with van der Waals surface area (Å²) >= 11 is 0. The first-order valence-electron chi connectivity index (χ1n) is 9.48. The quantitative estimate of drug-likeness (QED) is 0.186. The summed E-state index contributed by atoms with van der Waals surface area (Å²) in [5, 5.41) is 11.7. The topological polar surface area (TPSA) is 89.3 Å². The third-order valence-electron chi connectivity index (χ3n) is 5.34. The fourth-order valence-electron chi connectivity index (χ4n) is 4.01. The molecule has 146 valence electrons. The Morgan fingerprint density at radius 1 is 0.933 bits per heavy atom. The van der Waals surface area contributed by atoms with Gasteiger partial charge < -0.3 is 20.3 Å². The number of hydrogen-bond acceptors (Lipinski definition) is 5. The molecule has 0 amide bonds. The normalized spacial score (nSPS) is 11.2. The standard InChI is InChI=1S/C25H18N2O3/c1-29-25(28)18-9-5-4-8-17(18)22-19-11-10-15(26)13-21(19)30-24-16-7-3-2-6-14(16)12-20(27)23(22)24/h2-13,27H,26H2,1H3. The van der Waals surface area contributed by atoms with Crippen LogP contribution in [0.5, 0.6) is 0 Å². The minimum Gasteiger partial charge on any atom is -0.465 e. The first kappa shape index (κ1) is 17.9. The van der Waals surface area contributed by atoms with Crippen LogP contribution < -0.4 is 11.1 Å². The van der Waals surface area contributed by atoms with Gasteiger partial charge >= 0.3 is 5.97 Å². The minimum absolute atomic E-state index is 0.320. The fraction of sp³-hybridized carbons (Fsp3) is 0.0400.